The predicted molar refractivity (Wildman–Crippen MR) is 124 cm³/mol. The van der Waals surface area contributed by atoms with E-state index in [1.165, 1.54) is 6.92 Å². The molecule has 1 atom stereocenters. The van der Waals surface area contributed by atoms with Crippen molar-refractivity contribution in [1.82, 2.24) is 4.90 Å². The minimum atomic E-state index is -1.38. The third kappa shape index (κ3) is 4.75. The average molecular weight is 534 g/mol. The molecule has 0 unspecified atom stereocenters. The molecular formula is C21H16Cl4N2O6. The molecule has 0 bridgehead atoms. The lowest BCUT2D eigenvalue weighted by Crippen LogP contribution is -2.44. The van der Waals surface area contributed by atoms with Crippen molar-refractivity contribution in [2.75, 3.05) is 18.5 Å². The summed E-state index contributed by atoms with van der Waals surface area (Å²) in [6.07, 6.45) is 0. The van der Waals surface area contributed by atoms with Crippen LogP contribution in [0.2, 0.25) is 20.1 Å². The summed E-state index contributed by atoms with van der Waals surface area (Å²) in [6.45, 7) is 2.79. The first kappa shape index (κ1) is 25.1. The van der Waals surface area contributed by atoms with Crippen molar-refractivity contribution in [3.8, 4) is 5.75 Å². The highest BCUT2D eigenvalue weighted by Gasteiger charge is 2.45. The van der Waals surface area contributed by atoms with Gasteiger partial charge < -0.3 is 14.8 Å². The molecule has 0 radical (unpaired) electrons. The van der Waals surface area contributed by atoms with E-state index >= 15 is 0 Å². The Labute approximate surface area is 208 Å². The maximum atomic E-state index is 12.8. The van der Waals surface area contributed by atoms with Gasteiger partial charge in [-0.3, -0.25) is 19.3 Å². The zero-order valence-corrected chi connectivity index (χ0v) is 20.2. The van der Waals surface area contributed by atoms with Gasteiger partial charge in [-0.25, -0.2) is 4.79 Å². The summed E-state index contributed by atoms with van der Waals surface area (Å²) >= 11 is 24.1. The summed E-state index contributed by atoms with van der Waals surface area (Å²) in [5.41, 5.74) is -0.121. The second kappa shape index (κ2) is 10.2. The zero-order chi connectivity index (χ0) is 24.4. The van der Waals surface area contributed by atoms with Crippen LogP contribution in [0.4, 0.5) is 5.69 Å². The molecule has 1 N–H and O–H groups in total. The van der Waals surface area contributed by atoms with Gasteiger partial charge in [-0.2, -0.15) is 0 Å². The summed E-state index contributed by atoms with van der Waals surface area (Å²) in [5, 5.41) is 1.67. The lowest BCUT2D eigenvalue weighted by Gasteiger charge is -2.21. The Morgan fingerprint density at radius 2 is 1.52 bits per heavy atom. The SMILES string of the molecule is CCOc1ccccc1NC(=O)COC(=O)[C@H](C)N1C(=O)c2c(Cl)c(Cl)c(Cl)c(Cl)c2C1=O. The summed E-state index contributed by atoms with van der Waals surface area (Å²) in [7, 11) is 0. The van der Waals surface area contributed by atoms with Gasteiger partial charge in [0.15, 0.2) is 6.61 Å². The largest absolute Gasteiger partial charge is 0.492 e. The lowest BCUT2D eigenvalue weighted by molar-refractivity contribution is -0.150. The van der Waals surface area contributed by atoms with Crippen LogP contribution in [0.15, 0.2) is 24.3 Å². The van der Waals surface area contributed by atoms with Crippen molar-refractivity contribution in [3.05, 3.63) is 55.5 Å². The fraction of sp³-hybridized carbons (Fsp3) is 0.238. The van der Waals surface area contributed by atoms with E-state index in [0.717, 1.165) is 0 Å². The highest BCUT2D eigenvalue weighted by molar-refractivity contribution is 6.55. The zero-order valence-electron chi connectivity index (χ0n) is 17.2. The molecule has 0 aliphatic carbocycles. The van der Waals surface area contributed by atoms with Crippen LogP contribution < -0.4 is 10.1 Å². The molecule has 0 spiro atoms. The Bertz CT molecular complexity index is 1120. The number of imide groups is 1. The monoisotopic (exact) mass is 532 g/mol. The Balaban J connectivity index is 1.70. The number of anilines is 1. The molecule has 0 fully saturated rings. The molecule has 174 valence electrons. The van der Waals surface area contributed by atoms with Gasteiger partial charge in [-0.1, -0.05) is 58.5 Å². The van der Waals surface area contributed by atoms with Crippen LogP contribution >= 0.6 is 46.4 Å². The van der Waals surface area contributed by atoms with E-state index in [-0.39, 0.29) is 31.2 Å². The number of hydrogen-bond acceptors (Lipinski definition) is 6. The number of amides is 3. The van der Waals surface area contributed by atoms with Crippen molar-refractivity contribution in [3.63, 3.8) is 0 Å². The van der Waals surface area contributed by atoms with Crippen LogP contribution in [0.1, 0.15) is 34.6 Å². The number of nitrogens with zero attached hydrogens (tertiary/aromatic N) is 1. The average Bonchev–Trinajstić information content (AvgIpc) is 3.05. The maximum Gasteiger partial charge on any atom is 0.329 e. The van der Waals surface area contributed by atoms with Gasteiger partial charge in [0.05, 0.1) is 43.5 Å². The van der Waals surface area contributed by atoms with Crippen LogP contribution in [0.25, 0.3) is 0 Å². The fourth-order valence-electron chi connectivity index (χ4n) is 3.12. The number of ether oxygens (including phenoxy) is 2. The van der Waals surface area contributed by atoms with E-state index in [1.807, 2.05) is 0 Å². The summed E-state index contributed by atoms with van der Waals surface area (Å²) < 4.78 is 10.4. The molecule has 33 heavy (non-hydrogen) atoms. The molecule has 3 rings (SSSR count). The Kier molecular flexibility index (Phi) is 7.74. The van der Waals surface area contributed by atoms with Gasteiger partial charge in [-0.15, -0.1) is 0 Å². The minimum Gasteiger partial charge on any atom is -0.492 e. The number of carbonyl (C=O) groups is 4. The second-order valence-electron chi connectivity index (χ2n) is 6.75. The van der Waals surface area contributed by atoms with Crippen LogP contribution in [0.3, 0.4) is 0 Å². The third-order valence-corrected chi connectivity index (χ3v) is 6.47. The summed E-state index contributed by atoms with van der Waals surface area (Å²) in [4.78, 5) is 51.0. The van der Waals surface area contributed by atoms with E-state index in [9.17, 15) is 19.2 Å². The maximum absolute atomic E-state index is 12.8. The number of fused-ring (bicyclic) bond motifs is 1. The first-order valence-corrected chi connectivity index (χ1v) is 11.0. The van der Waals surface area contributed by atoms with Crippen LogP contribution in [0, 0.1) is 0 Å². The number of para-hydroxylation sites is 2. The third-order valence-electron chi connectivity index (χ3n) is 4.67. The van der Waals surface area contributed by atoms with E-state index < -0.39 is 36.3 Å². The highest BCUT2D eigenvalue weighted by Crippen LogP contribution is 2.45. The van der Waals surface area contributed by atoms with Crippen LogP contribution in [-0.2, 0) is 14.3 Å². The predicted octanol–water partition coefficient (Wildman–Crippen LogP) is 4.87. The number of hydrogen-bond donors (Lipinski definition) is 1. The van der Waals surface area contributed by atoms with Crippen molar-refractivity contribution < 1.29 is 28.7 Å². The number of halogens is 4. The van der Waals surface area contributed by atoms with Gasteiger partial charge in [0.1, 0.15) is 11.8 Å². The molecule has 3 amide bonds. The van der Waals surface area contributed by atoms with Gasteiger partial charge in [0, 0.05) is 0 Å². The lowest BCUT2D eigenvalue weighted by atomic mass is 10.1. The Morgan fingerprint density at radius 1 is 0.970 bits per heavy atom. The van der Waals surface area contributed by atoms with E-state index in [1.54, 1.807) is 31.2 Å². The standard InChI is InChI=1S/C21H16Cl4N2O6/c1-3-32-11-7-5-4-6-10(11)26-12(28)8-33-21(31)9(2)27-19(29)13-14(20(27)30)16(23)18(25)17(24)15(13)22/h4-7,9H,3,8H2,1-2H3,(H,26,28)/t9-/m0/s1. The number of carbonyl (C=O) groups excluding carboxylic acids is 4. The quantitative estimate of drug-likeness (QED) is 0.236. The van der Waals surface area contributed by atoms with Gasteiger partial charge >= 0.3 is 5.97 Å². The van der Waals surface area contributed by atoms with Crippen molar-refractivity contribution in [2.24, 2.45) is 0 Å². The Morgan fingerprint density at radius 3 is 2.06 bits per heavy atom. The summed E-state index contributed by atoms with van der Waals surface area (Å²) in [6, 6.07) is 5.35. The second-order valence-corrected chi connectivity index (χ2v) is 8.26. The molecule has 2 aromatic rings. The molecule has 1 aliphatic heterocycles. The van der Waals surface area contributed by atoms with Crippen LogP contribution in [0.5, 0.6) is 5.75 Å². The smallest absolute Gasteiger partial charge is 0.329 e. The van der Waals surface area contributed by atoms with E-state index in [0.29, 0.717) is 22.9 Å². The number of esters is 1. The highest BCUT2D eigenvalue weighted by atomic mass is 35.5. The van der Waals surface area contributed by atoms with Gasteiger partial charge in [-0.05, 0) is 26.0 Å². The molecule has 0 saturated carbocycles. The van der Waals surface area contributed by atoms with E-state index in [2.05, 4.69) is 5.32 Å². The molecular weight excluding hydrogens is 518 g/mol. The number of nitrogens with one attached hydrogen (secondary N) is 1. The summed E-state index contributed by atoms with van der Waals surface area (Å²) in [5.74, 6) is -2.97. The van der Waals surface area contributed by atoms with Gasteiger partial charge in [0.2, 0.25) is 0 Å². The molecule has 1 aliphatic rings. The first-order chi connectivity index (χ1) is 15.6. The molecule has 0 aromatic heterocycles. The molecule has 2 aromatic carbocycles. The fourth-order valence-corrected chi connectivity index (χ4v) is 4.13. The van der Waals surface area contributed by atoms with Crippen molar-refractivity contribution >= 4 is 75.8 Å². The van der Waals surface area contributed by atoms with Crippen molar-refractivity contribution in [1.29, 1.82) is 0 Å². The number of benzene rings is 2. The molecule has 8 nitrogen and oxygen atoms in total. The van der Waals surface area contributed by atoms with Gasteiger partial charge in [0.25, 0.3) is 17.7 Å². The normalized spacial score (nSPS) is 13.6. The Hall–Kier alpha value is -2.52. The molecule has 1 heterocycles. The molecule has 12 heteroatoms. The minimum absolute atomic E-state index is 0.190. The van der Waals surface area contributed by atoms with Crippen molar-refractivity contribution in [2.45, 2.75) is 19.9 Å². The molecule has 0 saturated heterocycles. The van der Waals surface area contributed by atoms with Crippen LogP contribution in [-0.4, -0.2) is 47.8 Å². The number of rotatable bonds is 7. The first-order valence-electron chi connectivity index (χ1n) is 9.52. The topological polar surface area (TPSA) is 102 Å². The van der Waals surface area contributed by atoms with E-state index in [4.69, 9.17) is 55.9 Å².